The van der Waals surface area contributed by atoms with Crippen LogP contribution < -0.4 is 5.32 Å². The minimum absolute atomic E-state index is 0.135. The van der Waals surface area contributed by atoms with E-state index in [2.05, 4.69) is 17.1 Å². The highest BCUT2D eigenvalue weighted by Crippen LogP contribution is 2.23. The highest BCUT2D eigenvalue weighted by Gasteiger charge is 2.36. The van der Waals surface area contributed by atoms with E-state index in [9.17, 15) is 9.18 Å². The van der Waals surface area contributed by atoms with Crippen molar-refractivity contribution in [1.29, 1.82) is 0 Å². The molecule has 0 radical (unpaired) electrons. The van der Waals surface area contributed by atoms with E-state index in [0.717, 1.165) is 26.1 Å². The lowest BCUT2D eigenvalue weighted by Gasteiger charge is -2.33. The molecule has 5 heteroatoms. The van der Waals surface area contributed by atoms with Gasteiger partial charge < -0.3 is 10.1 Å². The fourth-order valence-corrected chi connectivity index (χ4v) is 3.01. The van der Waals surface area contributed by atoms with Crippen molar-refractivity contribution in [3.63, 3.8) is 0 Å². The molecule has 108 valence electrons. The first-order chi connectivity index (χ1) is 9.61. The Morgan fingerprint density at radius 3 is 2.85 bits per heavy atom. The Labute approximate surface area is 117 Å². The van der Waals surface area contributed by atoms with E-state index in [1.807, 2.05) is 0 Å². The molecule has 0 saturated carbocycles. The standard InChI is InChI=1S/C15H19FN2O2/c1-10-7-18-8-13(6-14(18)9-20-10)17-15(19)11-2-4-12(16)5-3-11/h2-5,10,13-14H,6-9H2,1H3,(H,17,19)/t10-,13-,14+/m1/s1. The molecule has 1 aromatic carbocycles. The number of amides is 1. The summed E-state index contributed by atoms with van der Waals surface area (Å²) in [5, 5.41) is 3.03. The minimum Gasteiger partial charge on any atom is -0.376 e. The lowest BCUT2D eigenvalue weighted by Crippen LogP contribution is -2.45. The molecule has 2 aliphatic heterocycles. The number of ether oxygens (including phenoxy) is 1. The number of carbonyl (C=O) groups is 1. The molecule has 2 heterocycles. The Bertz CT molecular complexity index is 491. The summed E-state index contributed by atoms with van der Waals surface area (Å²) in [5.41, 5.74) is 0.501. The van der Waals surface area contributed by atoms with Gasteiger partial charge in [0.1, 0.15) is 5.82 Å². The molecule has 0 aliphatic carbocycles. The number of carbonyl (C=O) groups excluding carboxylic acids is 1. The van der Waals surface area contributed by atoms with E-state index < -0.39 is 0 Å². The Morgan fingerprint density at radius 2 is 2.10 bits per heavy atom. The molecular formula is C15H19FN2O2. The molecule has 1 amide bonds. The summed E-state index contributed by atoms with van der Waals surface area (Å²) < 4.78 is 18.5. The largest absolute Gasteiger partial charge is 0.376 e. The monoisotopic (exact) mass is 278 g/mol. The van der Waals surface area contributed by atoms with Crippen LogP contribution in [0.2, 0.25) is 0 Å². The van der Waals surface area contributed by atoms with Crippen molar-refractivity contribution in [3.8, 4) is 0 Å². The number of rotatable bonds is 2. The summed E-state index contributed by atoms with van der Waals surface area (Å²) in [6.07, 6.45) is 1.18. The number of benzene rings is 1. The maximum atomic E-state index is 12.8. The average Bonchev–Trinajstić information content (AvgIpc) is 2.80. The number of morpholine rings is 1. The Hall–Kier alpha value is -1.46. The van der Waals surface area contributed by atoms with Crippen LogP contribution in [0.25, 0.3) is 0 Å². The topological polar surface area (TPSA) is 41.6 Å². The number of hydrogen-bond acceptors (Lipinski definition) is 3. The lowest BCUT2D eigenvalue weighted by atomic mass is 10.1. The molecule has 3 atom stereocenters. The lowest BCUT2D eigenvalue weighted by molar-refractivity contribution is -0.0390. The second kappa shape index (κ2) is 5.50. The van der Waals surface area contributed by atoms with Crippen LogP contribution in [-0.4, -0.2) is 48.7 Å². The zero-order valence-corrected chi connectivity index (χ0v) is 11.5. The third-order valence-corrected chi connectivity index (χ3v) is 4.03. The summed E-state index contributed by atoms with van der Waals surface area (Å²) in [6.45, 7) is 4.60. The smallest absolute Gasteiger partial charge is 0.251 e. The summed E-state index contributed by atoms with van der Waals surface area (Å²) in [5.74, 6) is -0.463. The van der Waals surface area contributed by atoms with Gasteiger partial charge in [-0.2, -0.15) is 0 Å². The van der Waals surface area contributed by atoms with Gasteiger partial charge in [0.25, 0.3) is 5.91 Å². The zero-order chi connectivity index (χ0) is 14.1. The second-order valence-electron chi connectivity index (χ2n) is 5.66. The molecular weight excluding hydrogens is 259 g/mol. The van der Waals surface area contributed by atoms with Gasteiger partial charge in [-0.15, -0.1) is 0 Å². The SMILES string of the molecule is C[C@@H]1CN2C[C@H](NC(=O)c3ccc(F)cc3)C[C@H]2CO1. The molecule has 3 rings (SSSR count). The summed E-state index contributed by atoms with van der Waals surface area (Å²) in [4.78, 5) is 14.5. The molecule has 1 aromatic rings. The average molecular weight is 278 g/mol. The van der Waals surface area contributed by atoms with Crippen LogP contribution in [0.5, 0.6) is 0 Å². The third-order valence-electron chi connectivity index (χ3n) is 4.03. The van der Waals surface area contributed by atoms with Crippen molar-refractivity contribution in [2.45, 2.75) is 31.5 Å². The van der Waals surface area contributed by atoms with Gasteiger partial charge in [0.05, 0.1) is 12.7 Å². The van der Waals surface area contributed by atoms with E-state index in [1.165, 1.54) is 24.3 Å². The van der Waals surface area contributed by atoms with Crippen molar-refractivity contribution in [2.75, 3.05) is 19.7 Å². The number of fused-ring (bicyclic) bond motifs is 1. The fraction of sp³-hybridized carbons (Fsp3) is 0.533. The number of nitrogens with zero attached hydrogens (tertiary/aromatic N) is 1. The van der Waals surface area contributed by atoms with Crippen molar-refractivity contribution in [3.05, 3.63) is 35.6 Å². The van der Waals surface area contributed by atoms with Gasteiger partial charge in [0.15, 0.2) is 0 Å². The van der Waals surface area contributed by atoms with Crippen molar-refractivity contribution in [2.24, 2.45) is 0 Å². The van der Waals surface area contributed by atoms with Crippen molar-refractivity contribution in [1.82, 2.24) is 10.2 Å². The molecule has 0 bridgehead atoms. The van der Waals surface area contributed by atoms with E-state index in [0.29, 0.717) is 11.6 Å². The van der Waals surface area contributed by atoms with Crippen LogP contribution in [0.1, 0.15) is 23.7 Å². The Morgan fingerprint density at radius 1 is 1.35 bits per heavy atom. The predicted molar refractivity (Wildman–Crippen MR) is 73.0 cm³/mol. The summed E-state index contributed by atoms with van der Waals surface area (Å²) in [7, 11) is 0. The molecule has 2 aliphatic rings. The van der Waals surface area contributed by atoms with Gasteiger partial charge in [-0.1, -0.05) is 0 Å². The Kier molecular flexibility index (Phi) is 3.72. The van der Waals surface area contributed by atoms with Crippen LogP contribution in [-0.2, 0) is 4.74 Å². The number of halogens is 1. The quantitative estimate of drug-likeness (QED) is 0.889. The maximum Gasteiger partial charge on any atom is 0.251 e. The van der Waals surface area contributed by atoms with Crippen LogP contribution in [0.4, 0.5) is 4.39 Å². The van der Waals surface area contributed by atoms with Gasteiger partial charge in [-0.3, -0.25) is 9.69 Å². The van der Waals surface area contributed by atoms with E-state index >= 15 is 0 Å². The van der Waals surface area contributed by atoms with Crippen LogP contribution >= 0.6 is 0 Å². The third kappa shape index (κ3) is 2.83. The maximum absolute atomic E-state index is 12.8. The van der Waals surface area contributed by atoms with Crippen molar-refractivity contribution < 1.29 is 13.9 Å². The Balaban J connectivity index is 1.59. The molecule has 4 nitrogen and oxygen atoms in total. The van der Waals surface area contributed by atoms with Crippen LogP contribution in [0.3, 0.4) is 0 Å². The first-order valence-corrected chi connectivity index (χ1v) is 7.04. The van der Waals surface area contributed by atoms with Gasteiger partial charge in [-0.05, 0) is 37.6 Å². The zero-order valence-electron chi connectivity index (χ0n) is 11.5. The summed E-state index contributed by atoms with van der Waals surface area (Å²) >= 11 is 0. The molecule has 0 unspecified atom stereocenters. The van der Waals surface area contributed by atoms with Crippen LogP contribution in [0.15, 0.2) is 24.3 Å². The molecule has 1 N–H and O–H groups in total. The normalized spacial score (nSPS) is 30.0. The molecule has 2 fully saturated rings. The fourth-order valence-electron chi connectivity index (χ4n) is 3.01. The van der Waals surface area contributed by atoms with Crippen LogP contribution in [0, 0.1) is 5.82 Å². The highest BCUT2D eigenvalue weighted by molar-refractivity contribution is 5.94. The second-order valence-corrected chi connectivity index (χ2v) is 5.66. The molecule has 0 aromatic heterocycles. The number of hydrogen-bond donors (Lipinski definition) is 1. The van der Waals surface area contributed by atoms with Crippen molar-refractivity contribution >= 4 is 5.91 Å². The molecule has 2 saturated heterocycles. The molecule has 20 heavy (non-hydrogen) atoms. The number of nitrogens with one attached hydrogen (secondary N) is 1. The molecule has 0 spiro atoms. The summed E-state index contributed by atoms with van der Waals surface area (Å²) in [6, 6.07) is 6.19. The minimum atomic E-state index is -0.328. The van der Waals surface area contributed by atoms with E-state index in [1.54, 1.807) is 0 Å². The highest BCUT2D eigenvalue weighted by atomic mass is 19.1. The van der Waals surface area contributed by atoms with E-state index in [4.69, 9.17) is 4.74 Å². The van der Waals surface area contributed by atoms with Gasteiger partial charge in [-0.25, -0.2) is 4.39 Å². The van der Waals surface area contributed by atoms with Gasteiger partial charge in [0.2, 0.25) is 0 Å². The van der Waals surface area contributed by atoms with Gasteiger partial charge in [0, 0.05) is 30.7 Å². The van der Waals surface area contributed by atoms with E-state index in [-0.39, 0.29) is 23.9 Å². The van der Waals surface area contributed by atoms with Gasteiger partial charge >= 0.3 is 0 Å². The first-order valence-electron chi connectivity index (χ1n) is 7.04. The first kappa shape index (κ1) is 13.5. The predicted octanol–water partition coefficient (Wildman–Crippen LogP) is 1.42.